The molecule has 5 heteroatoms. The average Bonchev–Trinajstić information content (AvgIpc) is 2.38. The summed E-state index contributed by atoms with van der Waals surface area (Å²) in [5, 5.41) is 34.7. The molecular weight excluding hydrogens is 258 g/mol. The van der Waals surface area contributed by atoms with Crippen LogP contribution in [0, 0.1) is 0 Å². The molecule has 0 aliphatic rings. The second-order valence-corrected chi connectivity index (χ2v) is 4.41. The largest absolute Gasteiger partial charge is 0.508 e. The molecule has 0 bridgehead atoms. The maximum Gasteiger partial charge on any atom is 0.192 e. The van der Waals surface area contributed by atoms with Crippen molar-refractivity contribution >= 4 is 5.71 Å². The van der Waals surface area contributed by atoms with Gasteiger partial charge < -0.3 is 20.1 Å². The first-order valence-corrected chi connectivity index (χ1v) is 6.01. The molecule has 0 fully saturated rings. The summed E-state index contributed by atoms with van der Waals surface area (Å²) in [6, 6.07) is 9.57. The molecule has 0 spiro atoms. The van der Waals surface area contributed by atoms with Gasteiger partial charge in [0.15, 0.2) is 5.71 Å². The van der Waals surface area contributed by atoms with Crippen LogP contribution in [-0.2, 0) is 6.42 Å². The molecule has 0 aliphatic heterocycles. The fourth-order valence-electron chi connectivity index (χ4n) is 1.98. The third-order valence-corrected chi connectivity index (χ3v) is 2.96. The Morgan fingerprint density at radius 1 is 1.05 bits per heavy atom. The standard InChI is InChI=1S/C15H15NO4/c1-20-11-4-2-9(3-5-11)6-12(16)15-13(18)7-10(17)8-14(15)19/h2-5,7-8,16-19H,6H2,1H3/p+1. The Hall–Kier alpha value is -2.69. The molecule has 2 aromatic rings. The van der Waals surface area contributed by atoms with Gasteiger partial charge in [-0.1, -0.05) is 12.1 Å². The number of rotatable bonds is 4. The van der Waals surface area contributed by atoms with Crippen molar-refractivity contribution in [3.8, 4) is 23.0 Å². The van der Waals surface area contributed by atoms with Gasteiger partial charge in [-0.05, 0) is 17.7 Å². The molecule has 0 radical (unpaired) electrons. The summed E-state index contributed by atoms with van der Waals surface area (Å²) in [7, 11) is 1.59. The highest BCUT2D eigenvalue weighted by Gasteiger charge is 2.19. The Morgan fingerprint density at radius 3 is 2.10 bits per heavy atom. The van der Waals surface area contributed by atoms with E-state index in [0.29, 0.717) is 12.1 Å². The molecule has 5 nitrogen and oxygen atoms in total. The molecule has 0 saturated carbocycles. The van der Waals surface area contributed by atoms with Gasteiger partial charge in [-0.25, -0.2) is 0 Å². The minimum absolute atomic E-state index is 0.138. The van der Waals surface area contributed by atoms with Crippen molar-refractivity contribution in [1.82, 2.24) is 0 Å². The van der Waals surface area contributed by atoms with Gasteiger partial charge in [-0.2, -0.15) is 0 Å². The number of hydrogen-bond donors (Lipinski definition) is 4. The van der Waals surface area contributed by atoms with Crippen LogP contribution in [-0.4, -0.2) is 28.1 Å². The van der Waals surface area contributed by atoms with Crippen LogP contribution in [0.3, 0.4) is 0 Å². The van der Waals surface area contributed by atoms with Crippen molar-refractivity contribution in [3.05, 3.63) is 47.5 Å². The van der Waals surface area contributed by atoms with E-state index in [1.54, 1.807) is 19.2 Å². The zero-order valence-corrected chi connectivity index (χ0v) is 11.0. The topological polar surface area (TPSA) is 95.5 Å². The van der Waals surface area contributed by atoms with Gasteiger partial charge in [0.25, 0.3) is 0 Å². The Bertz CT molecular complexity index is 612. The predicted octanol–water partition coefficient (Wildman–Crippen LogP) is 0.603. The molecule has 0 unspecified atom stereocenters. The number of benzene rings is 2. The number of hydrogen-bond acceptors (Lipinski definition) is 4. The summed E-state index contributed by atoms with van der Waals surface area (Å²) < 4.78 is 5.06. The minimum atomic E-state index is -0.256. The molecule has 0 aliphatic carbocycles. The van der Waals surface area contributed by atoms with Crippen molar-refractivity contribution in [1.29, 1.82) is 0 Å². The summed E-state index contributed by atoms with van der Waals surface area (Å²) in [5.74, 6) is 0.00525. The van der Waals surface area contributed by atoms with Gasteiger partial charge in [0, 0.05) is 12.1 Å². The zero-order chi connectivity index (χ0) is 14.7. The van der Waals surface area contributed by atoms with Gasteiger partial charge in [-0.15, -0.1) is 0 Å². The maximum absolute atomic E-state index is 9.76. The first-order chi connectivity index (χ1) is 9.51. The summed E-state index contributed by atoms with van der Waals surface area (Å²) in [4.78, 5) is 0. The van der Waals surface area contributed by atoms with E-state index < -0.39 is 0 Å². The van der Waals surface area contributed by atoms with Crippen LogP contribution in [0.15, 0.2) is 36.4 Å². The fourth-order valence-corrected chi connectivity index (χ4v) is 1.98. The second-order valence-electron chi connectivity index (χ2n) is 4.41. The average molecular weight is 274 g/mol. The normalized spacial score (nSPS) is 10.2. The first kappa shape index (κ1) is 13.7. The van der Waals surface area contributed by atoms with E-state index in [1.165, 1.54) is 0 Å². The van der Waals surface area contributed by atoms with Crippen molar-refractivity contribution in [2.75, 3.05) is 7.11 Å². The molecule has 5 N–H and O–H groups in total. The van der Waals surface area contributed by atoms with Crippen LogP contribution in [0.5, 0.6) is 23.0 Å². The van der Waals surface area contributed by atoms with Crippen LogP contribution >= 0.6 is 0 Å². The van der Waals surface area contributed by atoms with Crippen molar-refractivity contribution in [2.24, 2.45) is 0 Å². The molecule has 0 aromatic heterocycles. The van der Waals surface area contributed by atoms with Gasteiger partial charge in [0.05, 0.1) is 13.5 Å². The molecule has 20 heavy (non-hydrogen) atoms. The zero-order valence-electron chi connectivity index (χ0n) is 11.0. The predicted molar refractivity (Wildman–Crippen MR) is 74.2 cm³/mol. The lowest BCUT2D eigenvalue weighted by atomic mass is 10.0. The number of methoxy groups -OCH3 is 1. The molecular formula is C15H16NO4+. The Labute approximate surface area is 116 Å². The summed E-state index contributed by atoms with van der Waals surface area (Å²) in [6.45, 7) is 0. The Kier molecular flexibility index (Phi) is 3.79. The lowest BCUT2D eigenvalue weighted by Crippen LogP contribution is -2.41. The highest BCUT2D eigenvalue weighted by molar-refractivity contribution is 6.02. The smallest absolute Gasteiger partial charge is 0.192 e. The molecule has 2 aromatic carbocycles. The van der Waals surface area contributed by atoms with Crippen LogP contribution < -0.4 is 10.1 Å². The highest BCUT2D eigenvalue weighted by Crippen LogP contribution is 2.32. The second kappa shape index (κ2) is 5.52. The maximum atomic E-state index is 9.76. The monoisotopic (exact) mass is 274 g/mol. The van der Waals surface area contributed by atoms with Gasteiger partial charge in [0.2, 0.25) is 0 Å². The Balaban J connectivity index is 2.23. The van der Waals surface area contributed by atoms with Crippen molar-refractivity contribution in [3.63, 3.8) is 0 Å². The third-order valence-electron chi connectivity index (χ3n) is 2.96. The van der Waals surface area contributed by atoms with Crippen LogP contribution in [0.25, 0.3) is 0 Å². The lowest BCUT2D eigenvalue weighted by molar-refractivity contribution is -0.114. The van der Waals surface area contributed by atoms with E-state index >= 15 is 0 Å². The van der Waals surface area contributed by atoms with Crippen LogP contribution in [0.2, 0.25) is 0 Å². The van der Waals surface area contributed by atoms with E-state index in [0.717, 1.165) is 23.4 Å². The number of aromatic hydroxyl groups is 3. The van der Waals surface area contributed by atoms with E-state index in [9.17, 15) is 15.3 Å². The number of phenols is 3. The minimum Gasteiger partial charge on any atom is -0.508 e. The van der Waals surface area contributed by atoms with E-state index in [4.69, 9.17) is 10.1 Å². The molecule has 104 valence electrons. The molecule has 0 amide bonds. The van der Waals surface area contributed by atoms with E-state index in [1.807, 2.05) is 12.1 Å². The highest BCUT2D eigenvalue weighted by atomic mass is 16.5. The lowest BCUT2D eigenvalue weighted by Gasteiger charge is -2.07. The molecule has 0 saturated heterocycles. The first-order valence-electron chi connectivity index (χ1n) is 6.01. The van der Waals surface area contributed by atoms with Gasteiger partial charge >= 0.3 is 0 Å². The van der Waals surface area contributed by atoms with E-state index in [-0.39, 0.29) is 22.8 Å². The Morgan fingerprint density at radius 2 is 1.60 bits per heavy atom. The van der Waals surface area contributed by atoms with Crippen molar-refractivity contribution < 1.29 is 25.5 Å². The van der Waals surface area contributed by atoms with Crippen LogP contribution in [0.1, 0.15) is 11.1 Å². The summed E-state index contributed by atoms with van der Waals surface area (Å²) in [5.41, 5.74) is 1.36. The fraction of sp³-hybridized carbons (Fsp3) is 0.133. The number of nitrogens with two attached hydrogens (primary N) is 1. The molecule has 0 atom stereocenters. The number of ether oxygens (including phenoxy) is 1. The summed E-state index contributed by atoms with van der Waals surface area (Å²) >= 11 is 0. The SMILES string of the molecule is COc1ccc(CC(=[NH2+])c2c(O)cc(O)cc2O)cc1. The van der Waals surface area contributed by atoms with E-state index in [2.05, 4.69) is 0 Å². The van der Waals surface area contributed by atoms with Crippen molar-refractivity contribution in [2.45, 2.75) is 6.42 Å². The molecule has 2 rings (SSSR count). The van der Waals surface area contributed by atoms with Gasteiger partial charge in [0.1, 0.15) is 28.6 Å². The van der Waals surface area contributed by atoms with Gasteiger partial charge in [-0.3, -0.25) is 5.41 Å². The van der Waals surface area contributed by atoms with Crippen LogP contribution in [0.4, 0.5) is 0 Å². The number of phenolic OH excluding ortho intramolecular Hbond substituents is 3. The third kappa shape index (κ3) is 2.83. The molecule has 0 heterocycles. The quantitative estimate of drug-likeness (QED) is 0.614. The summed E-state index contributed by atoms with van der Waals surface area (Å²) in [6.07, 6.45) is 0.357.